The van der Waals surface area contributed by atoms with E-state index in [4.69, 9.17) is 10.7 Å². The lowest BCUT2D eigenvalue weighted by molar-refractivity contribution is 0.363. The van der Waals surface area contributed by atoms with Gasteiger partial charge in [0.15, 0.2) is 5.13 Å². The zero-order valence-electron chi connectivity index (χ0n) is 12.9. The van der Waals surface area contributed by atoms with Crippen molar-refractivity contribution in [3.8, 4) is 0 Å². The van der Waals surface area contributed by atoms with Crippen LogP contribution >= 0.6 is 11.3 Å². The number of thiazole rings is 1. The van der Waals surface area contributed by atoms with Crippen LogP contribution in [0.2, 0.25) is 0 Å². The normalized spacial score (nSPS) is 24.8. The predicted octanol–water partition coefficient (Wildman–Crippen LogP) is 3.52. The molecule has 1 aromatic heterocycles. The van der Waals surface area contributed by atoms with E-state index in [0.29, 0.717) is 12.6 Å². The fourth-order valence-electron chi connectivity index (χ4n) is 2.79. The Morgan fingerprint density at radius 1 is 1.37 bits per heavy atom. The number of aromatic nitrogens is 1. The van der Waals surface area contributed by atoms with Gasteiger partial charge in [-0.05, 0) is 25.7 Å². The van der Waals surface area contributed by atoms with E-state index >= 15 is 0 Å². The lowest BCUT2D eigenvalue weighted by atomic mass is 9.91. The number of nitrogens with zero attached hydrogens (tertiary/aromatic N) is 2. The summed E-state index contributed by atoms with van der Waals surface area (Å²) in [5, 5.41) is 1.17. The van der Waals surface area contributed by atoms with Crippen molar-refractivity contribution in [1.82, 2.24) is 4.98 Å². The molecule has 2 unspecified atom stereocenters. The molecule has 1 aliphatic rings. The van der Waals surface area contributed by atoms with Gasteiger partial charge in [-0.1, -0.05) is 27.7 Å². The monoisotopic (exact) mass is 281 g/mol. The van der Waals surface area contributed by atoms with Gasteiger partial charge >= 0.3 is 0 Å². The third-order valence-corrected chi connectivity index (χ3v) is 5.32. The van der Waals surface area contributed by atoms with E-state index in [0.717, 1.165) is 12.5 Å². The molecule has 0 spiro atoms. The Hall–Kier alpha value is -0.610. The third-order valence-electron chi connectivity index (χ3n) is 4.20. The second-order valence-electron chi connectivity index (χ2n) is 6.78. The van der Waals surface area contributed by atoms with E-state index in [-0.39, 0.29) is 5.41 Å². The highest BCUT2D eigenvalue weighted by Crippen LogP contribution is 2.36. The molecule has 0 saturated carbocycles. The third kappa shape index (κ3) is 2.95. The van der Waals surface area contributed by atoms with E-state index in [1.165, 1.54) is 28.5 Å². The first-order valence-electron chi connectivity index (χ1n) is 7.31. The van der Waals surface area contributed by atoms with Gasteiger partial charge in [-0.25, -0.2) is 4.98 Å². The molecule has 0 aromatic carbocycles. The van der Waals surface area contributed by atoms with Gasteiger partial charge in [0.25, 0.3) is 0 Å². The first kappa shape index (κ1) is 14.8. The Kier molecular flexibility index (Phi) is 4.21. The van der Waals surface area contributed by atoms with Gasteiger partial charge in [0, 0.05) is 29.4 Å². The standard InChI is InChI=1S/C15H27N3S/c1-10-7-6-8-18(11(10)2)14-17-13(15(3,4)5)12(9-16)19-14/h10-11H,6-9,16H2,1-5H3. The summed E-state index contributed by atoms with van der Waals surface area (Å²) in [4.78, 5) is 8.65. The molecule has 2 rings (SSSR count). The molecule has 1 saturated heterocycles. The van der Waals surface area contributed by atoms with Crippen molar-refractivity contribution in [3.63, 3.8) is 0 Å². The van der Waals surface area contributed by atoms with Gasteiger partial charge in [-0.2, -0.15) is 0 Å². The van der Waals surface area contributed by atoms with E-state index in [1.807, 2.05) is 0 Å². The van der Waals surface area contributed by atoms with Crippen LogP contribution < -0.4 is 10.6 Å². The largest absolute Gasteiger partial charge is 0.345 e. The number of nitrogens with two attached hydrogens (primary N) is 1. The summed E-state index contributed by atoms with van der Waals surface area (Å²) in [6, 6.07) is 0.582. The lowest BCUT2D eigenvalue weighted by Gasteiger charge is -2.37. The molecule has 2 atom stereocenters. The van der Waals surface area contributed by atoms with Gasteiger partial charge in [0.2, 0.25) is 0 Å². The van der Waals surface area contributed by atoms with Gasteiger partial charge in [-0.15, -0.1) is 11.3 Å². The van der Waals surface area contributed by atoms with Gasteiger partial charge in [-0.3, -0.25) is 0 Å². The summed E-state index contributed by atoms with van der Waals surface area (Å²) < 4.78 is 0. The second-order valence-corrected chi connectivity index (χ2v) is 7.84. The lowest BCUT2D eigenvalue weighted by Crippen LogP contribution is -2.42. The van der Waals surface area contributed by atoms with Gasteiger partial charge in [0.1, 0.15) is 0 Å². The maximum atomic E-state index is 5.90. The summed E-state index contributed by atoms with van der Waals surface area (Å²) in [6.07, 6.45) is 2.60. The summed E-state index contributed by atoms with van der Waals surface area (Å²) in [5.74, 6) is 0.747. The molecule has 0 bridgehead atoms. The molecule has 2 N–H and O–H groups in total. The molecule has 3 nitrogen and oxygen atoms in total. The molecule has 108 valence electrons. The summed E-state index contributed by atoms with van der Waals surface area (Å²) in [5.41, 5.74) is 7.16. The van der Waals surface area contributed by atoms with E-state index < -0.39 is 0 Å². The Morgan fingerprint density at radius 3 is 2.58 bits per heavy atom. The Morgan fingerprint density at radius 2 is 2.05 bits per heavy atom. The molecular formula is C15H27N3S. The number of hydrogen-bond donors (Lipinski definition) is 1. The molecule has 0 amide bonds. The number of piperidine rings is 1. The number of anilines is 1. The Bertz CT molecular complexity index is 433. The average molecular weight is 281 g/mol. The van der Waals surface area contributed by atoms with Gasteiger partial charge in [0.05, 0.1) is 5.69 Å². The highest BCUT2D eigenvalue weighted by molar-refractivity contribution is 7.15. The zero-order valence-corrected chi connectivity index (χ0v) is 13.7. The maximum absolute atomic E-state index is 5.90. The van der Waals surface area contributed by atoms with Crippen LogP contribution in [0.25, 0.3) is 0 Å². The Balaban J connectivity index is 2.33. The van der Waals surface area contributed by atoms with Crippen LogP contribution in [0.3, 0.4) is 0 Å². The van der Waals surface area contributed by atoms with Gasteiger partial charge < -0.3 is 10.6 Å². The van der Waals surface area contributed by atoms with Crippen molar-refractivity contribution in [2.45, 2.75) is 65.5 Å². The van der Waals surface area contributed by atoms with Crippen molar-refractivity contribution in [3.05, 3.63) is 10.6 Å². The van der Waals surface area contributed by atoms with Crippen LogP contribution in [0.15, 0.2) is 0 Å². The maximum Gasteiger partial charge on any atom is 0.186 e. The summed E-state index contributed by atoms with van der Waals surface area (Å²) >= 11 is 1.79. The SMILES string of the molecule is CC1CCCN(c2nc(C(C)(C)C)c(CN)s2)C1C. The van der Waals surface area contributed by atoms with Crippen molar-refractivity contribution >= 4 is 16.5 Å². The number of rotatable bonds is 2. The number of hydrogen-bond acceptors (Lipinski definition) is 4. The van der Waals surface area contributed by atoms with Crippen molar-refractivity contribution in [2.75, 3.05) is 11.4 Å². The topological polar surface area (TPSA) is 42.2 Å². The van der Waals surface area contributed by atoms with E-state index in [2.05, 4.69) is 39.5 Å². The molecule has 0 radical (unpaired) electrons. The minimum Gasteiger partial charge on any atom is -0.345 e. The predicted molar refractivity (Wildman–Crippen MR) is 83.9 cm³/mol. The molecule has 4 heteroatoms. The fraction of sp³-hybridized carbons (Fsp3) is 0.800. The molecule has 0 aliphatic carbocycles. The van der Waals surface area contributed by atoms with Crippen LogP contribution in [-0.2, 0) is 12.0 Å². The minimum atomic E-state index is 0.0775. The first-order chi connectivity index (χ1) is 8.84. The molecule has 2 heterocycles. The van der Waals surface area contributed by atoms with Crippen LogP contribution in [0.1, 0.15) is 58.0 Å². The quantitative estimate of drug-likeness (QED) is 0.902. The van der Waals surface area contributed by atoms with Crippen molar-refractivity contribution in [1.29, 1.82) is 0 Å². The van der Waals surface area contributed by atoms with Crippen molar-refractivity contribution in [2.24, 2.45) is 11.7 Å². The fourth-order valence-corrected chi connectivity index (χ4v) is 4.06. The smallest absolute Gasteiger partial charge is 0.186 e. The van der Waals surface area contributed by atoms with E-state index in [1.54, 1.807) is 11.3 Å². The summed E-state index contributed by atoms with van der Waals surface area (Å²) in [7, 11) is 0. The molecule has 19 heavy (non-hydrogen) atoms. The zero-order chi connectivity index (χ0) is 14.2. The molecule has 1 aromatic rings. The first-order valence-corrected chi connectivity index (χ1v) is 8.13. The minimum absolute atomic E-state index is 0.0775. The molecule has 1 fully saturated rings. The van der Waals surface area contributed by atoms with Crippen LogP contribution in [0.4, 0.5) is 5.13 Å². The van der Waals surface area contributed by atoms with Crippen LogP contribution in [0, 0.1) is 5.92 Å². The van der Waals surface area contributed by atoms with E-state index in [9.17, 15) is 0 Å². The molecule has 1 aliphatic heterocycles. The molecular weight excluding hydrogens is 254 g/mol. The highest BCUT2D eigenvalue weighted by Gasteiger charge is 2.29. The Labute approximate surface area is 121 Å². The van der Waals surface area contributed by atoms with Crippen molar-refractivity contribution < 1.29 is 0 Å². The second kappa shape index (κ2) is 5.41. The average Bonchev–Trinajstić information content (AvgIpc) is 2.76. The van der Waals surface area contributed by atoms with Crippen LogP contribution in [-0.4, -0.2) is 17.6 Å². The summed E-state index contributed by atoms with van der Waals surface area (Å²) in [6.45, 7) is 13.0. The highest BCUT2D eigenvalue weighted by atomic mass is 32.1. The van der Waals surface area contributed by atoms with Crippen LogP contribution in [0.5, 0.6) is 0 Å².